The predicted octanol–water partition coefficient (Wildman–Crippen LogP) is 1.49. The van der Waals surface area contributed by atoms with Gasteiger partial charge in [-0.1, -0.05) is 19.9 Å². The SMILES string of the molecule is CCNC(CC)c1nnc(-c2cccc(=O)[nH]2)o1. The van der Waals surface area contributed by atoms with E-state index in [1.807, 2.05) is 13.8 Å². The predicted molar refractivity (Wildman–Crippen MR) is 67.1 cm³/mol. The lowest BCUT2D eigenvalue weighted by molar-refractivity contribution is 0.401. The topological polar surface area (TPSA) is 83.8 Å². The summed E-state index contributed by atoms with van der Waals surface area (Å²) in [5, 5.41) is 11.2. The van der Waals surface area contributed by atoms with E-state index in [0.29, 0.717) is 17.5 Å². The second kappa shape index (κ2) is 5.59. The standard InChI is InChI=1S/C12H16N4O2/c1-3-8(13-4-2)11-15-16-12(18-11)9-6-5-7-10(17)14-9/h5-8,13H,3-4H2,1-2H3,(H,14,17). The molecule has 0 amide bonds. The zero-order chi connectivity index (χ0) is 13.0. The first-order valence-corrected chi connectivity index (χ1v) is 6.01. The summed E-state index contributed by atoms with van der Waals surface area (Å²) in [6, 6.07) is 4.87. The summed E-state index contributed by atoms with van der Waals surface area (Å²) < 4.78 is 5.58. The lowest BCUT2D eigenvalue weighted by atomic mass is 10.2. The van der Waals surface area contributed by atoms with Gasteiger partial charge < -0.3 is 14.7 Å². The van der Waals surface area contributed by atoms with E-state index in [-0.39, 0.29) is 11.6 Å². The molecule has 6 heteroatoms. The largest absolute Gasteiger partial charge is 0.418 e. The lowest BCUT2D eigenvalue weighted by Gasteiger charge is -2.09. The molecule has 0 radical (unpaired) electrons. The van der Waals surface area contributed by atoms with Gasteiger partial charge >= 0.3 is 0 Å². The van der Waals surface area contributed by atoms with E-state index in [9.17, 15) is 4.79 Å². The molecule has 2 rings (SSSR count). The summed E-state index contributed by atoms with van der Waals surface area (Å²) in [5.74, 6) is 0.873. The average molecular weight is 248 g/mol. The Labute approximate surface area is 104 Å². The fraction of sp³-hybridized carbons (Fsp3) is 0.417. The maximum atomic E-state index is 11.2. The van der Waals surface area contributed by atoms with Gasteiger partial charge in [-0.15, -0.1) is 10.2 Å². The van der Waals surface area contributed by atoms with Crippen LogP contribution in [0.4, 0.5) is 0 Å². The Balaban J connectivity index is 2.27. The van der Waals surface area contributed by atoms with Crippen molar-refractivity contribution in [3.05, 3.63) is 34.4 Å². The summed E-state index contributed by atoms with van der Waals surface area (Å²) >= 11 is 0. The van der Waals surface area contributed by atoms with Crippen molar-refractivity contribution in [1.29, 1.82) is 0 Å². The van der Waals surface area contributed by atoms with Crippen LogP contribution in [0, 0.1) is 0 Å². The number of nitrogens with zero attached hydrogens (tertiary/aromatic N) is 2. The van der Waals surface area contributed by atoms with Gasteiger partial charge in [0.1, 0.15) is 5.69 Å². The van der Waals surface area contributed by atoms with Gasteiger partial charge in [-0.05, 0) is 19.0 Å². The molecule has 18 heavy (non-hydrogen) atoms. The van der Waals surface area contributed by atoms with Crippen LogP contribution in [0.25, 0.3) is 11.6 Å². The molecule has 1 atom stereocenters. The summed E-state index contributed by atoms with van der Waals surface area (Å²) in [4.78, 5) is 13.9. The van der Waals surface area contributed by atoms with Crippen LogP contribution in [-0.4, -0.2) is 21.7 Å². The quantitative estimate of drug-likeness (QED) is 0.837. The van der Waals surface area contributed by atoms with Crippen LogP contribution in [-0.2, 0) is 0 Å². The summed E-state index contributed by atoms with van der Waals surface area (Å²) in [5.41, 5.74) is 0.346. The van der Waals surface area contributed by atoms with Gasteiger partial charge in [-0.3, -0.25) is 4.79 Å². The highest BCUT2D eigenvalue weighted by atomic mass is 16.4. The van der Waals surface area contributed by atoms with E-state index in [1.165, 1.54) is 6.07 Å². The maximum Gasteiger partial charge on any atom is 0.264 e. The highest BCUT2D eigenvalue weighted by molar-refractivity contribution is 5.44. The molecule has 0 bridgehead atoms. The molecule has 2 N–H and O–H groups in total. The molecule has 0 saturated heterocycles. The Morgan fingerprint density at radius 1 is 1.39 bits per heavy atom. The Kier molecular flexibility index (Phi) is 3.88. The van der Waals surface area contributed by atoms with Crippen molar-refractivity contribution in [2.24, 2.45) is 0 Å². The molecule has 0 fully saturated rings. The smallest absolute Gasteiger partial charge is 0.264 e. The molecule has 0 aromatic carbocycles. The van der Waals surface area contributed by atoms with Crippen molar-refractivity contribution in [3.8, 4) is 11.6 Å². The zero-order valence-electron chi connectivity index (χ0n) is 10.4. The van der Waals surface area contributed by atoms with Gasteiger partial charge in [-0.2, -0.15) is 0 Å². The molecular weight excluding hydrogens is 232 g/mol. The van der Waals surface area contributed by atoms with Crippen molar-refractivity contribution < 1.29 is 4.42 Å². The van der Waals surface area contributed by atoms with Gasteiger partial charge in [0, 0.05) is 6.07 Å². The third kappa shape index (κ3) is 2.65. The number of hydrogen-bond donors (Lipinski definition) is 2. The Bertz CT molecular complexity index is 561. The molecular formula is C12H16N4O2. The molecule has 0 aliphatic rings. The zero-order valence-corrected chi connectivity index (χ0v) is 10.4. The number of nitrogens with one attached hydrogen (secondary N) is 2. The van der Waals surface area contributed by atoms with E-state index in [4.69, 9.17) is 4.42 Å². The molecule has 0 saturated carbocycles. The second-order valence-electron chi connectivity index (χ2n) is 3.89. The van der Waals surface area contributed by atoms with Crippen LogP contribution < -0.4 is 10.9 Å². The van der Waals surface area contributed by atoms with E-state index in [1.54, 1.807) is 12.1 Å². The molecule has 0 aliphatic heterocycles. The number of hydrogen-bond acceptors (Lipinski definition) is 5. The molecule has 0 aliphatic carbocycles. The Hall–Kier alpha value is -1.95. The van der Waals surface area contributed by atoms with Gasteiger partial charge in [0.2, 0.25) is 11.4 Å². The monoisotopic (exact) mass is 248 g/mol. The Morgan fingerprint density at radius 2 is 2.22 bits per heavy atom. The van der Waals surface area contributed by atoms with Gasteiger partial charge in [0.05, 0.1) is 6.04 Å². The lowest BCUT2D eigenvalue weighted by Crippen LogP contribution is -2.20. The van der Waals surface area contributed by atoms with Crippen LogP contribution in [0.15, 0.2) is 27.4 Å². The average Bonchev–Trinajstić information content (AvgIpc) is 2.85. The molecule has 1 unspecified atom stereocenters. The first-order valence-electron chi connectivity index (χ1n) is 6.01. The van der Waals surface area contributed by atoms with Crippen LogP contribution in [0.2, 0.25) is 0 Å². The van der Waals surface area contributed by atoms with E-state index in [0.717, 1.165) is 13.0 Å². The van der Waals surface area contributed by atoms with Crippen molar-refractivity contribution in [2.75, 3.05) is 6.54 Å². The normalized spacial score (nSPS) is 12.6. The number of H-pyrrole nitrogens is 1. The molecule has 0 spiro atoms. The fourth-order valence-electron chi connectivity index (χ4n) is 1.71. The third-order valence-corrected chi connectivity index (χ3v) is 2.60. The molecule has 2 aromatic heterocycles. The molecule has 96 valence electrons. The number of pyridine rings is 1. The molecule has 6 nitrogen and oxygen atoms in total. The summed E-state index contributed by atoms with van der Waals surface area (Å²) in [6.07, 6.45) is 0.862. The minimum Gasteiger partial charge on any atom is -0.418 e. The van der Waals surface area contributed by atoms with Gasteiger partial charge in [0.25, 0.3) is 5.89 Å². The van der Waals surface area contributed by atoms with Crippen LogP contribution in [0.1, 0.15) is 32.2 Å². The van der Waals surface area contributed by atoms with Crippen molar-refractivity contribution >= 4 is 0 Å². The number of aromatic nitrogens is 3. The van der Waals surface area contributed by atoms with Crippen molar-refractivity contribution in [3.63, 3.8) is 0 Å². The fourth-order valence-corrected chi connectivity index (χ4v) is 1.71. The second-order valence-corrected chi connectivity index (χ2v) is 3.89. The summed E-state index contributed by atoms with van der Waals surface area (Å²) in [6.45, 7) is 4.90. The minimum atomic E-state index is -0.189. The first-order chi connectivity index (χ1) is 8.74. The van der Waals surface area contributed by atoms with E-state index in [2.05, 4.69) is 20.5 Å². The van der Waals surface area contributed by atoms with E-state index < -0.39 is 0 Å². The van der Waals surface area contributed by atoms with Crippen LogP contribution in [0.3, 0.4) is 0 Å². The molecule has 2 aromatic rings. The van der Waals surface area contributed by atoms with Gasteiger partial charge in [0.15, 0.2) is 0 Å². The third-order valence-electron chi connectivity index (χ3n) is 2.60. The van der Waals surface area contributed by atoms with Gasteiger partial charge in [-0.25, -0.2) is 0 Å². The first kappa shape index (κ1) is 12.5. The summed E-state index contributed by atoms with van der Waals surface area (Å²) in [7, 11) is 0. The van der Waals surface area contributed by atoms with Crippen molar-refractivity contribution in [2.45, 2.75) is 26.3 Å². The van der Waals surface area contributed by atoms with E-state index >= 15 is 0 Å². The van der Waals surface area contributed by atoms with Crippen molar-refractivity contribution in [1.82, 2.24) is 20.5 Å². The number of aromatic amines is 1. The minimum absolute atomic E-state index is 0.0479. The highest BCUT2D eigenvalue weighted by Gasteiger charge is 2.16. The van der Waals surface area contributed by atoms with Crippen LogP contribution >= 0.6 is 0 Å². The maximum absolute atomic E-state index is 11.2. The Morgan fingerprint density at radius 3 is 2.89 bits per heavy atom. The molecule has 2 heterocycles. The number of rotatable bonds is 5. The van der Waals surface area contributed by atoms with Crippen LogP contribution in [0.5, 0.6) is 0 Å². The highest BCUT2D eigenvalue weighted by Crippen LogP contribution is 2.19.